The molecule has 84 heavy (non-hydrogen) atoms. The SMILES string of the molecule is CCCOC(C)C.CCCOC(C)C(C)C.CCCOC(C)CC.CCOC(C)(C)C.CCOC1CCCC1.CCOC1CCCCC1.CCOCCc1ccccc1.CCOCc1ccccc1.CCOc1ccccc1.COC(C)(C)C. The van der Waals surface area contributed by atoms with Gasteiger partial charge in [0.25, 0.3) is 0 Å². The molecule has 0 aromatic heterocycles. The Bertz CT molecular complexity index is 1600. The molecule has 0 radical (unpaired) electrons. The number of benzene rings is 3. The van der Waals surface area contributed by atoms with Crippen molar-refractivity contribution in [3.8, 4) is 5.75 Å². The van der Waals surface area contributed by atoms with E-state index in [4.69, 9.17) is 47.4 Å². The molecule has 2 aliphatic rings. The van der Waals surface area contributed by atoms with E-state index in [0.717, 1.165) is 111 Å². The zero-order chi connectivity index (χ0) is 64.6. The molecule has 3 aromatic rings. The first-order valence-electron chi connectivity index (χ1n) is 33.2. The van der Waals surface area contributed by atoms with Crippen molar-refractivity contribution in [3.05, 3.63) is 102 Å². The highest BCUT2D eigenvalue weighted by Crippen LogP contribution is 2.21. The third kappa shape index (κ3) is 77.1. The van der Waals surface area contributed by atoms with Gasteiger partial charge in [0.2, 0.25) is 0 Å². The summed E-state index contributed by atoms with van der Waals surface area (Å²) in [5, 5.41) is 0. The molecule has 0 aliphatic heterocycles. The van der Waals surface area contributed by atoms with E-state index < -0.39 is 0 Å². The number of para-hydroxylation sites is 1. The van der Waals surface area contributed by atoms with Crippen molar-refractivity contribution in [3.63, 3.8) is 0 Å². The number of hydrogen-bond donors (Lipinski definition) is 0. The van der Waals surface area contributed by atoms with E-state index in [1.165, 1.54) is 68.9 Å². The molecule has 0 N–H and O–H groups in total. The maximum atomic E-state index is 5.48. The second kappa shape index (κ2) is 67.6. The van der Waals surface area contributed by atoms with E-state index in [2.05, 4.69) is 140 Å². The molecule has 0 heterocycles. The molecular weight excluding hydrogens is 1050 g/mol. The van der Waals surface area contributed by atoms with Crippen LogP contribution >= 0.6 is 0 Å². The van der Waals surface area contributed by atoms with Gasteiger partial charge in [-0.3, -0.25) is 0 Å². The van der Waals surface area contributed by atoms with Crippen LogP contribution in [0, 0.1) is 5.92 Å². The number of ether oxygens (including phenoxy) is 10. The fraction of sp³-hybridized carbons (Fsp3) is 0.757. The molecule has 10 heteroatoms. The van der Waals surface area contributed by atoms with Crippen LogP contribution in [-0.2, 0) is 55.7 Å². The van der Waals surface area contributed by atoms with Gasteiger partial charge in [0.15, 0.2) is 0 Å². The Kier molecular flexibility index (Phi) is 72.3. The normalized spacial score (nSPS) is 13.5. The van der Waals surface area contributed by atoms with Crippen LogP contribution in [0.2, 0.25) is 0 Å². The van der Waals surface area contributed by atoms with Crippen molar-refractivity contribution in [1.29, 1.82) is 0 Å². The van der Waals surface area contributed by atoms with Gasteiger partial charge < -0.3 is 47.4 Å². The predicted molar refractivity (Wildman–Crippen MR) is 364 cm³/mol. The molecule has 2 saturated carbocycles. The molecule has 496 valence electrons. The molecule has 0 saturated heterocycles. The van der Waals surface area contributed by atoms with Crippen molar-refractivity contribution in [2.24, 2.45) is 5.92 Å². The minimum Gasteiger partial charge on any atom is -0.494 e. The van der Waals surface area contributed by atoms with E-state index in [1.807, 2.05) is 103 Å². The second-order valence-electron chi connectivity index (χ2n) is 23.1. The Hall–Kier alpha value is -2.90. The second-order valence-corrected chi connectivity index (χ2v) is 23.1. The lowest BCUT2D eigenvalue weighted by Gasteiger charge is -2.20. The van der Waals surface area contributed by atoms with Crippen molar-refractivity contribution in [2.45, 2.75) is 291 Å². The van der Waals surface area contributed by atoms with Gasteiger partial charge in [0, 0.05) is 60.0 Å². The predicted octanol–water partition coefficient (Wildman–Crippen LogP) is 20.6. The van der Waals surface area contributed by atoms with E-state index in [1.54, 1.807) is 7.11 Å². The highest BCUT2D eigenvalue weighted by molar-refractivity contribution is 5.20. The molecular formula is C74H140O10. The maximum absolute atomic E-state index is 5.48. The topological polar surface area (TPSA) is 92.3 Å². The average molecular weight is 1190 g/mol. The third-order valence-corrected chi connectivity index (χ3v) is 12.2. The quantitative estimate of drug-likeness (QED) is 0.0764. The summed E-state index contributed by atoms with van der Waals surface area (Å²) in [4.78, 5) is 0. The van der Waals surface area contributed by atoms with E-state index in [-0.39, 0.29) is 11.2 Å². The molecule has 0 amide bonds. The fourth-order valence-electron chi connectivity index (χ4n) is 6.93. The fourth-order valence-corrected chi connectivity index (χ4v) is 6.93. The summed E-state index contributed by atoms with van der Waals surface area (Å²) in [5.41, 5.74) is 2.68. The van der Waals surface area contributed by atoms with Crippen LogP contribution in [0.4, 0.5) is 0 Å². The maximum Gasteiger partial charge on any atom is 0.119 e. The molecule has 0 bridgehead atoms. The van der Waals surface area contributed by atoms with Gasteiger partial charge in [-0.2, -0.15) is 0 Å². The van der Waals surface area contributed by atoms with Gasteiger partial charge in [-0.15, -0.1) is 0 Å². The van der Waals surface area contributed by atoms with Gasteiger partial charge in [-0.1, -0.05) is 153 Å². The lowest BCUT2D eigenvalue weighted by molar-refractivity contribution is 0.00530. The lowest BCUT2D eigenvalue weighted by atomic mass is 9.98. The molecule has 5 rings (SSSR count). The molecule has 0 spiro atoms. The summed E-state index contributed by atoms with van der Waals surface area (Å²) >= 11 is 0. The highest BCUT2D eigenvalue weighted by Gasteiger charge is 2.14. The summed E-state index contributed by atoms with van der Waals surface area (Å²) in [5.74, 6) is 1.59. The van der Waals surface area contributed by atoms with Crippen LogP contribution in [0.25, 0.3) is 0 Å². The summed E-state index contributed by atoms with van der Waals surface area (Å²) in [6.07, 6.45) is 20.1. The van der Waals surface area contributed by atoms with Gasteiger partial charge >= 0.3 is 0 Å². The minimum absolute atomic E-state index is 0.0417. The van der Waals surface area contributed by atoms with Crippen molar-refractivity contribution >= 4 is 0 Å². The smallest absolute Gasteiger partial charge is 0.119 e. The number of rotatable bonds is 25. The largest absolute Gasteiger partial charge is 0.494 e. The Morgan fingerprint density at radius 2 is 0.857 bits per heavy atom. The third-order valence-electron chi connectivity index (χ3n) is 12.2. The van der Waals surface area contributed by atoms with Crippen molar-refractivity contribution < 1.29 is 47.4 Å². The minimum atomic E-state index is 0.0417. The molecule has 2 atom stereocenters. The van der Waals surface area contributed by atoms with Crippen LogP contribution < -0.4 is 4.74 Å². The lowest BCUT2D eigenvalue weighted by Crippen LogP contribution is -2.18. The number of methoxy groups -OCH3 is 1. The summed E-state index contributed by atoms with van der Waals surface area (Å²) in [6, 6.07) is 30.4. The van der Waals surface area contributed by atoms with Crippen LogP contribution in [-0.4, -0.2) is 115 Å². The Labute approximate surface area is 522 Å². The van der Waals surface area contributed by atoms with Gasteiger partial charge in [0.05, 0.1) is 61.5 Å². The molecule has 2 aliphatic carbocycles. The van der Waals surface area contributed by atoms with Crippen LogP contribution in [0.1, 0.15) is 247 Å². The molecule has 3 aromatic carbocycles. The molecule has 2 unspecified atom stereocenters. The number of hydrogen-bond acceptors (Lipinski definition) is 10. The summed E-state index contributed by atoms with van der Waals surface area (Å²) in [6.45, 7) is 54.8. The summed E-state index contributed by atoms with van der Waals surface area (Å²) in [7, 11) is 1.71. The molecule has 10 nitrogen and oxygen atoms in total. The van der Waals surface area contributed by atoms with Gasteiger partial charge in [0.1, 0.15) is 5.75 Å². The average Bonchev–Trinajstić information content (AvgIpc) is 4.01. The van der Waals surface area contributed by atoms with Crippen molar-refractivity contribution in [1.82, 2.24) is 0 Å². The van der Waals surface area contributed by atoms with Gasteiger partial charge in [-0.05, 0) is 198 Å². The Morgan fingerprint density at radius 1 is 0.440 bits per heavy atom. The Balaban J connectivity index is -0.000000276. The first kappa shape index (κ1) is 89.8. The van der Waals surface area contributed by atoms with Crippen LogP contribution in [0.3, 0.4) is 0 Å². The van der Waals surface area contributed by atoms with E-state index in [0.29, 0.717) is 36.4 Å². The van der Waals surface area contributed by atoms with E-state index >= 15 is 0 Å². The first-order valence-corrected chi connectivity index (χ1v) is 33.2. The zero-order valence-electron chi connectivity index (χ0n) is 59.4. The standard InChI is InChI=1S/C10H14O.C9H12O.C8H16O.C8H10O.C8H18O.C7H14O.C7H16O.2C6H14O.C5H12O/c1-2-11-9-8-10-6-4-3-5-7-10;1-2-10-8-9-6-4-3-5-7-9;2*1-2-9-8-6-4-3-5-7-8;1-5-6-9-8(4)7(2)3;1-2-8-7-5-3-4-6-7;1-4-6-8-7(3)5-2;1-5-7-6(2,3)4;1-4-5-7-6(2)3;1-5(2,3)6-4/h3-7H,2,8-9H2,1H3;3-7H,2,8H2,1H3;8H,2-7H2,1H3;3-7H,2H2,1H3;7-8H,5-6H2,1-4H3;7H,2-6H2,1H3;7H,4-6H2,1-3H3;5H2,1-4H3;6H,4-5H2,1-3H3;1-4H3. The Morgan fingerprint density at radius 3 is 1.19 bits per heavy atom. The monoisotopic (exact) mass is 1190 g/mol. The van der Waals surface area contributed by atoms with Crippen LogP contribution in [0.15, 0.2) is 91.0 Å². The highest BCUT2D eigenvalue weighted by atomic mass is 16.5. The van der Waals surface area contributed by atoms with E-state index in [9.17, 15) is 0 Å². The van der Waals surface area contributed by atoms with Gasteiger partial charge in [-0.25, -0.2) is 0 Å². The molecule has 2 fully saturated rings. The van der Waals surface area contributed by atoms with Crippen LogP contribution in [0.5, 0.6) is 5.75 Å². The zero-order valence-corrected chi connectivity index (χ0v) is 59.4. The first-order chi connectivity index (χ1) is 40.0. The van der Waals surface area contributed by atoms with Crippen molar-refractivity contribution in [2.75, 3.05) is 73.2 Å². The summed E-state index contributed by atoms with van der Waals surface area (Å²) < 4.78 is 52.7.